The second-order valence-electron chi connectivity index (χ2n) is 7.60. The molecule has 0 aliphatic carbocycles. The van der Waals surface area contributed by atoms with Crippen molar-refractivity contribution >= 4 is 27.4 Å². The number of nitrogens with one attached hydrogen (secondary N) is 1. The van der Waals surface area contributed by atoms with Crippen molar-refractivity contribution in [2.45, 2.75) is 18.4 Å². The maximum Gasteiger partial charge on any atom is 0.264 e. The molecule has 0 atom stereocenters. The molecule has 7 nitrogen and oxygen atoms in total. The molecule has 0 spiro atoms. The Morgan fingerprint density at radius 1 is 0.939 bits per heavy atom. The summed E-state index contributed by atoms with van der Waals surface area (Å²) in [6.45, 7) is 2.38. The highest BCUT2D eigenvalue weighted by molar-refractivity contribution is 7.92. The Bertz CT molecular complexity index is 1350. The Hall–Kier alpha value is -3.91. The lowest BCUT2D eigenvalue weighted by Crippen LogP contribution is -2.26. The van der Waals surface area contributed by atoms with Crippen LogP contribution in [0.5, 0.6) is 0 Å². The largest absolute Gasteiger partial charge is 0.307 e. The van der Waals surface area contributed by atoms with Crippen LogP contribution in [0.4, 0.5) is 11.5 Å². The molecule has 0 saturated carbocycles. The minimum Gasteiger partial charge on any atom is -0.307 e. The number of aryl methyl sites for hydroxylation is 1. The van der Waals surface area contributed by atoms with E-state index in [1.807, 2.05) is 43.3 Å². The van der Waals surface area contributed by atoms with Crippen LogP contribution in [0.25, 0.3) is 0 Å². The monoisotopic (exact) mass is 460 g/mol. The first-order chi connectivity index (χ1) is 15.8. The van der Waals surface area contributed by atoms with Crippen LogP contribution in [0.1, 0.15) is 21.6 Å². The van der Waals surface area contributed by atoms with Crippen LogP contribution in [0.15, 0.2) is 95.9 Å². The first-order valence-corrected chi connectivity index (χ1v) is 11.8. The van der Waals surface area contributed by atoms with E-state index in [0.29, 0.717) is 23.6 Å². The highest BCUT2D eigenvalue weighted by Gasteiger charge is 2.21. The zero-order valence-corrected chi connectivity index (χ0v) is 19.2. The lowest BCUT2D eigenvalue weighted by atomic mass is 10.2. The number of carbonyl (C=O) groups is 1. The Kier molecular flexibility index (Phi) is 6.28. The second-order valence-corrected chi connectivity index (χ2v) is 9.57. The molecular formula is C25H24N4O3S. The van der Waals surface area contributed by atoms with E-state index in [1.165, 1.54) is 35.6 Å². The number of benzene rings is 3. The number of nitrogens with zero attached hydrogens (tertiary/aromatic N) is 3. The van der Waals surface area contributed by atoms with Crippen molar-refractivity contribution in [3.05, 3.63) is 108 Å². The van der Waals surface area contributed by atoms with Gasteiger partial charge in [0.05, 0.1) is 22.8 Å². The van der Waals surface area contributed by atoms with E-state index in [2.05, 4.69) is 10.4 Å². The number of hydrogen-bond donors (Lipinski definition) is 1. The minimum atomic E-state index is -3.74. The van der Waals surface area contributed by atoms with Crippen LogP contribution in [-0.2, 0) is 16.6 Å². The number of aromatic nitrogens is 2. The molecule has 4 rings (SSSR count). The van der Waals surface area contributed by atoms with Crippen molar-refractivity contribution in [2.75, 3.05) is 16.7 Å². The number of rotatable bonds is 7. The fraction of sp³-hybridized carbons (Fsp3) is 0.120. The highest BCUT2D eigenvalue weighted by atomic mass is 32.2. The summed E-state index contributed by atoms with van der Waals surface area (Å²) in [7, 11) is -2.24. The van der Waals surface area contributed by atoms with Crippen molar-refractivity contribution in [1.82, 2.24) is 9.78 Å². The summed E-state index contributed by atoms with van der Waals surface area (Å²) in [5.41, 5.74) is 2.75. The molecule has 4 aromatic rings. The van der Waals surface area contributed by atoms with Crippen LogP contribution in [0, 0.1) is 6.92 Å². The number of para-hydroxylation sites is 1. The molecule has 1 N–H and O–H groups in total. The maximum atomic E-state index is 12.9. The fourth-order valence-electron chi connectivity index (χ4n) is 3.42. The van der Waals surface area contributed by atoms with Crippen molar-refractivity contribution < 1.29 is 13.2 Å². The van der Waals surface area contributed by atoms with Crippen LogP contribution in [0.3, 0.4) is 0 Å². The highest BCUT2D eigenvalue weighted by Crippen LogP contribution is 2.22. The number of hydrogen-bond acceptors (Lipinski definition) is 4. The quantitative estimate of drug-likeness (QED) is 0.445. The summed E-state index contributed by atoms with van der Waals surface area (Å²) in [6.07, 6.45) is 0. The van der Waals surface area contributed by atoms with Crippen molar-refractivity contribution in [1.29, 1.82) is 0 Å². The molecule has 0 radical (unpaired) electrons. The molecule has 0 unspecified atom stereocenters. The third-order valence-corrected chi connectivity index (χ3v) is 7.01. The minimum absolute atomic E-state index is 0.107. The van der Waals surface area contributed by atoms with Gasteiger partial charge in [0, 0.05) is 18.7 Å². The molecule has 8 heteroatoms. The topological polar surface area (TPSA) is 84.3 Å². The molecule has 33 heavy (non-hydrogen) atoms. The molecule has 0 saturated heterocycles. The van der Waals surface area contributed by atoms with Crippen molar-refractivity contribution in [3.8, 4) is 0 Å². The maximum absolute atomic E-state index is 12.9. The second kappa shape index (κ2) is 9.30. The van der Waals surface area contributed by atoms with Gasteiger partial charge in [-0.2, -0.15) is 5.10 Å². The Morgan fingerprint density at radius 2 is 1.55 bits per heavy atom. The van der Waals surface area contributed by atoms with E-state index in [4.69, 9.17) is 0 Å². The summed E-state index contributed by atoms with van der Waals surface area (Å²) in [5, 5.41) is 7.34. The van der Waals surface area contributed by atoms with Gasteiger partial charge in [-0.15, -0.1) is 0 Å². The molecular weight excluding hydrogens is 436 g/mol. The van der Waals surface area contributed by atoms with Gasteiger partial charge in [-0.25, -0.2) is 13.1 Å². The van der Waals surface area contributed by atoms with Gasteiger partial charge in [-0.3, -0.25) is 9.10 Å². The van der Waals surface area contributed by atoms with Gasteiger partial charge in [-0.1, -0.05) is 48.5 Å². The van der Waals surface area contributed by atoms with Gasteiger partial charge < -0.3 is 5.32 Å². The predicted molar refractivity (Wildman–Crippen MR) is 129 cm³/mol. The Morgan fingerprint density at radius 3 is 2.18 bits per heavy atom. The number of sulfonamides is 1. The van der Waals surface area contributed by atoms with Crippen LogP contribution < -0.4 is 9.62 Å². The molecule has 0 aliphatic rings. The molecule has 1 heterocycles. The third kappa shape index (κ3) is 4.96. The van der Waals surface area contributed by atoms with E-state index in [-0.39, 0.29) is 10.8 Å². The standard InChI is InChI=1S/C25H24N4O3S/c1-19-17-24(29(27-19)18-20-9-5-3-6-10-20)26-25(30)21-13-15-23(16-14-21)33(31,32)28(2)22-11-7-4-8-12-22/h3-17H,18H2,1-2H3,(H,26,30). The van der Waals surface area contributed by atoms with Crippen LogP contribution in [0.2, 0.25) is 0 Å². The van der Waals surface area contributed by atoms with Gasteiger partial charge >= 0.3 is 0 Å². The first-order valence-electron chi connectivity index (χ1n) is 10.4. The van der Waals surface area contributed by atoms with Gasteiger partial charge in [0.2, 0.25) is 0 Å². The molecule has 168 valence electrons. The summed E-state index contributed by atoms with van der Waals surface area (Å²) in [4.78, 5) is 12.9. The zero-order valence-electron chi connectivity index (χ0n) is 18.3. The number of anilines is 2. The predicted octanol–water partition coefficient (Wildman–Crippen LogP) is 4.32. The Balaban J connectivity index is 1.51. The van der Waals surface area contributed by atoms with E-state index in [9.17, 15) is 13.2 Å². The zero-order chi connectivity index (χ0) is 23.4. The SMILES string of the molecule is Cc1cc(NC(=O)c2ccc(S(=O)(=O)N(C)c3ccccc3)cc2)n(Cc2ccccc2)n1. The summed E-state index contributed by atoms with van der Waals surface area (Å²) < 4.78 is 28.8. The summed E-state index contributed by atoms with van der Waals surface area (Å²) in [6, 6.07) is 26.4. The van der Waals surface area contributed by atoms with E-state index in [0.717, 1.165) is 11.3 Å². The average Bonchev–Trinajstić information content (AvgIpc) is 3.18. The third-order valence-electron chi connectivity index (χ3n) is 5.21. The molecule has 1 amide bonds. The van der Waals surface area contributed by atoms with Crippen molar-refractivity contribution in [2.24, 2.45) is 0 Å². The lowest BCUT2D eigenvalue weighted by Gasteiger charge is -2.19. The van der Waals surface area contributed by atoms with Crippen molar-refractivity contribution in [3.63, 3.8) is 0 Å². The van der Waals surface area contributed by atoms with E-state index < -0.39 is 10.0 Å². The van der Waals surface area contributed by atoms with Gasteiger partial charge in [0.1, 0.15) is 5.82 Å². The average molecular weight is 461 g/mol. The fourth-order valence-corrected chi connectivity index (χ4v) is 4.62. The van der Waals surface area contributed by atoms with E-state index >= 15 is 0 Å². The first kappa shape index (κ1) is 22.3. The van der Waals surface area contributed by atoms with Crippen LogP contribution >= 0.6 is 0 Å². The lowest BCUT2D eigenvalue weighted by molar-refractivity contribution is 0.102. The molecule has 0 fully saturated rings. The number of amides is 1. The molecule has 1 aromatic heterocycles. The van der Waals surface area contributed by atoms with Gasteiger partial charge in [0.25, 0.3) is 15.9 Å². The summed E-state index contributed by atoms with van der Waals surface area (Å²) in [5.74, 6) is 0.228. The van der Waals surface area contributed by atoms with E-state index in [1.54, 1.807) is 35.0 Å². The normalized spacial score (nSPS) is 11.2. The Labute approximate surface area is 193 Å². The van der Waals surface area contributed by atoms with Gasteiger partial charge in [0.15, 0.2) is 0 Å². The smallest absolute Gasteiger partial charge is 0.264 e. The molecule has 3 aromatic carbocycles. The molecule has 0 aliphatic heterocycles. The number of carbonyl (C=O) groups excluding carboxylic acids is 1. The van der Waals surface area contributed by atoms with Gasteiger partial charge in [-0.05, 0) is 48.9 Å². The summed E-state index contributed by atoms with van der Waals surface area (Å²) >= 11 is 0. The van der Waals surface area contributed by atoms with Crippen LogP contribution in [-0.4, -0.2) is 31.2 Å². The molecule has 0 bridgehead atoms.